The minimum Gasteiger partial charge on any atom is -0.392 e. The van der Waals surface area contributed by atoms with Crippen molar-refractivity contribution in [2.45, 2.75) is 19.5 Å². The number of aromatic nitrogens is 1. The average Bonchev–Trinajstić information content (AvgIpc) is 2.82. The molecule has 1 saturated heterocycles. The van der Waals surface area contributed by atoms with E-state index in [1.165, 1.54) is 4.88 Å². The van der Waals surface area contributed by atoms with Gasteiger partial charge in [0.2, 0.25) is 0 Å². The molecule has 4 nitrogen and oxygen atoms in total. The highest BCUT2D eigenvalue weighted by Crippen LogP contribution is 2.13. The zero-order chi connectivity index (χ0) is 12.3. The third-order valence-electron chi connectivity index (χ3n) is 3.23. The Hall–Kier alpha value is -0.560. The van der Waals surface area contributed by atoms with E-state index >= 15 is 0 Å². The van der Waals surface area contributed by atoms with Gasteiger partial charge in [0.05, 0.1) is 16.5 Å². The van der Waals surface area contributed by atoms with Crippen LogP contribution in [0.15, 0.2) is 11.7 Å². The third kappa shape index (κ3) is 3.45. The van der Waals surface area contributed by atoms with Gasteiger partial charge in [-0.1, -0.05) is 12.2 Å². The van der Waals surface area contributed by atoms with Gasteiger partial charge in [-0.2, -0.15) is 0 Å². The van der Waals surface area contributed by atoms with Crippen molar-refractivity contribution >= 4 is 28.5 Å². The zero-order valence-corrected chi connectivity index (χ0v) is 11.6. The molecule has 1 aromatic rings. The maximum absolute atomic E-state index is 5.68. The van der Waals surface area contributed by atoms with E-state index in [1.54, 1.807) is 11.3 Å². The maximum Gasteiger partial charge on any atom is 0.0899 e. The fourth-order valence-corrected chi connectivity index (χ4v) is 2.81. The summed E-state index contributed by atoms with van der Waals surface area (Å²) >= 11 is 6.76. The fourth-order valence-electron chi connectivity index (χ4n) is 2.03. The molecule has 0 aliphatic carbocycles. The summed E-state index contributed by atoms with van der Waals surface area (Å²) in [5.74, 6) is 0. The van der Waals surface area contributed by atoms with Crippen LogP contribution < -0.4 is 5.73 Å². The number of hydrogen-bond acceptors (Lipinski definition) is 5. The molecule has 0 spiro atoms. The van der Waals surface area contributed by atoms with Gasteiger partial charge in [-0.15, -0.1) is 11.3 Å². The van der Waals surface area contributed by atoms with Crippen molar-refractivity contribution in [3.8, 4) is 0 Å². The highest BCUT2D eigenvalue weighted by atomic mass is 32.1. The minimum absolute atomic E-state index is 0.218. The lowest BCUT2D eigenvalue weighted by atomic mass is 10.2. The lowest BCUT2D eigenvalue weighted by Crippen LogP contribution is -2.52. The predicted molar refractivity (Wildman–Crippen MR) is 75.2 cm³/mol. The van der Waals surface area contributed by atoms with Crippen molar-refractivity contribution in [3.63, 3.8) is 0 Å². The third-order valence-corrected chi connectivity index (χ3v) is 4.33. The molecule has 0 bridgehead atoms. The number of nitrogens with two attached hydrogens (primary N) is 1. The van der Waals surface area contributed by atoms with E-state index in [0.717, 1.165) is 32.7 Å². The first kappa shape index (κ1) is 12.9. The Balaban J connectivity index is 1.80. The Morgan fingerprint density at radius 3 is 2.76 bits per heavy atom. The normalized spacial score (nSPS) is 20.3. The molecule has 1 fully saturated rings. The zero-order valence-electron chi connectivity index (χ0n) is 10.0. The summed E-state index contributed by atoms with van der Waals surface area (Å²) in [4.78, 5) is 10.8. The van der Waals surface area contributed by atoms with Gasteiger partial charge in [-0.05, 0) is 6.92 Å². The Bertz CT molecular complexity index is 358. The number of hydrogen-bond donors (Lipinski definition) is 1. The quantitative estimate of drug-likeness (QED) is 0.825. The lowest BCUT2D eigenvalue weighted by molar-refractivity contribution is 0.118. The fraction of sp³-hybridized carbons (Fsp3) is 0.636. The Morgan fingerprint density at radius 1 is 1.53 bits per heavy atom. The van der Waals surface area contributed by atoms with Gasteiger partial charge in [0.1, 0.15) is 0 Å². The van der Waals surface area contributed by atoms with Crippen LogP contribution in [0, 0.1) is 0 Å². The summed E-state index contributed by atoms with van der Waals surface area (Å²) in [7, 11) is 0. The largest absolute Gasteiger partial charge is 0.392 e. The molecule has 1 aliphatic rings. The first-order chi connectivity index (χ1) is 8.16. The van der Waals surface area contributed by atoms with Crippen LogP contribution in [0.4, 0.5) is 0 Å². The van der Waals surface area contributed by atoms with E-state index in [2.05, 4.69) is 21.7 Å². The Morgan fingerprint density at radius 2 is 2.24 bits per heavy atom. The summed E-state index contributed by atoms with van der Waals surface area (Å²) in [6.07, 6.45) is 1.95. The van der Waals surface area contributed by atoms with Crippen LogP contribution in [0.1, 0.15) is 11.8 Å². The molecule has 0 saturated carbocycles. The number of nitrogens with zero attached hydrogens (tertiary/aromatic N) is 3. The molecular weight excluding hydrogens is 252 g/mol. The second-order valence-corrected chi connectivity index (χ2v) is 5.80. The van der Waals surface area contributed by atoms with Crippen LogP contribution >= 0.6 is 23.6 Å². The summed E-state index contributed by atoms with van der Waals surface area (Å²) < 4.78 is 0. The van der Waals surface area contributed by atoms with Crippen molar-refractivity contribution in [3.05, 3.63) is 16.6 Å². The van der Waals surface area contributed by atoms with Crippen LogP contribution in [0.2, 0.25) is 0 Å². The molecule has 17 heavy (non-hydrogen) atoms. The lowest BCUT2D eigenvalue weighted by Gasteiger charge is -2.37. The number of rotatable bonds is 4. The van der Waals surface area contributed by atoms with Crippen LogP contribution in [-0.2, 0) is 6.54 Å². The van der Waals surface area contributed by atoms with Gasteiger partial charge >= 0.3 is 0 Å². The van der Waals surface area contributed by atoms with E-state index in [-0.39, 0.29) is 6.04 Å². The highest BCUT2D eigenvalue weighted by Gasteiger charge is 2.22. The molecule has 94 valence electrons. The number of thiocarbonyl (C=S) groups is 1. The van der Waals surface area contributed by atoms with Crippen LogP contribution in [0.5, 0.6) is 0 Å². The molecule has 0 radical (unpaired) electrons. The van der Waals surface area contributed by atoms with Crippen molar-refractivity contribution in [2.75, 3.05) is 26.2 Å². The summed E-state index contributed by atoms with van der Waals surface area (Å²) in [6.45, 7) is 7.32. The standard InChI is InChI=1S/C11H18N4S2/c1-9(11(12)16)15-4-2-14(3-5-15)7-10-6-13-8-17-10/h6,8-9H,2-5,7H2,1H3,(H2,12,16). The molecule has 2 rings (SSSR count). The summed E-state index contributed by atoms with van der Waals surface area (Å²) in [5.41, 5.74) is 7.57. The van der Waals surface area contributed by atoms with E-state index in [1.807, 2.05) is 11.7 Å². The van der Waals surface area contributed by atoms with E-state index in [4.69, 9.17) is 18.0 Å². The summed E-state index contributed by atoms with van der Waals surface area (Å²) in [5, 5.41) is 0. The van der Waals surface area contributed by atoms with Gasteiger partial charge < -0.3 is 5.73 Å². The highest BCUT2D eigenvalue weighted by molar-refractivity contribution is 7.80. The first-order valence-corrected chi connectivity index (χ1v) is 7.08. The van der Waals surface area contributed by atoms with Gasteiger partial charge in [0.15, 0.2) is 0 Å². The van der Waals surface area contributed by atoms with Crippen LogP contribution in [-0.4, -0.2) is 52.0 Å². The SMILES string of the molecule is CC(C(N)=S)N1CCN(Cc2cncs2)CC1. The summed E-state index contributed by atoms with van der Waals surface area (Å²) in [6, 6.07) is 0.218. The Labute approximate surface area is 111 Å². The molecule has 0 amide bonds. The molecule has 2 N–H and O–H groups in total. The average molecular weight is 270 g/mol. The molecule has 2 heterocycles. The second kappa shape index (κ2) is 5.86. The van der Waals surface area contributed by atoms with E-state index in [9.17, 15) is 0 Å². The smallest absolute Gasteiger partial charge is 0.0899 e. The van der Waals surface area contributed by atoms with Crippen molar-refractivity contribution < 1.29 is 0 Å². The molecule has 0 aromatic carbocycles. The molecular formula is C11H18N4S2. The minimum atomic E-state index is 0.218. The molecule has 1 aromatic heterocycles. The second-order valence-electron chi connectivity index (χ2n) is 4.36. The van der Waals surface area contributed by atoms with Crippen LogP contribution in [0.3, 0.4) is 0 Å². The van der Waals surface area contributed by atoms with Crippen molar-refractivity contribution in [1.29, 1.82) is 0 Å². The molecule has 1 aliphatic heterocycles. The molecule has 6 heteroatoms. The van der Waals surface area contributed by atoms with E-state index in [0.29, 0.717) is 4.99 Å². The number of piperazine rings is 1. The van der Waals surface area contributed by atoms with Crippen molar-refractivity contribution in [1.82, 2.24) is 14.8 Å². The van der Waals surface area contributed by atoms with Crippen LogP contribution in [0.25, 0.3) is 0 Å². The first-order valence-electron chi connectivity index (χ1n) is 5.80. The van der Waals surface area contributed by atoms with Gasteiger partial charge in [-0.3, -0.25) is 14.8 Å². The molecule has 1 unspecified atom stereocenters. The number of thiazole rings is 1. The maximum atomic E-state index is 5.68. The predicted octanol–water partition coefficient (Wildman–Crippen LogP) is 0.935. The topological polar surface area (TPSA) is 45.4 Å². The van der Waals surface area contributed by atoms with E-state index < -0.39 is 0 Å². The van der Waals surface area contributed by atoms with Gasteiger partial charge in [-0.25, -0.2) is 0 Å². The Kier molecular flexibility index (Phi) is 4.44. The van der Waals surface area contributed by atoms with Crippen molar-refractivity contribution in [2.24, 2.45) is 5.73 Å². The van der Waals surface area contributed by atoms with Gasteiger partial charge in [0, 0.05) is 43.8 Å². The molecule has 1 atom stereocenters. The van der Waals surface area contributed by atoms with Gasteiger partial charge in [0.25, 0.3) is 0 Å². The monoisotopic (exact) mass is 270 g/mol.